The van der Waals surface area contributed by atoms with Crippen LogP contribution in [-0.2, 0) is 16.2 Å². The zero-order chi connectivity index (χ0) is 27.4. The Balaban J connectivity index is 1.61. The number of hydrogen-bond acceptors (Lipinski definition) is 6. The van der Waals surface area contributed by atoms with Gasteiger partial charge in [0.15, 0.2) is 11.5 Å². The van der Waals surface area contributed by atoms with Crippen molar-refractivity contribution in [2.75, 3.05) is 18.6 Å². The molecule has 3 aromatic rings. The first-order valence-corrected chi connectivity index (χ1v) is 13.0. The number of nitrogens with one attached hydrogen (secondary N) is 1. The fourth-order valence-corrected chi connectivity index (χ4v) is 4.71. The number of urea groups is 1. The van der Waals surface area contributed by atoms with Crippen LogP contribution in [0.4, 0.5) is 10.5 Å². The number of carbonyl (C=O) groups excluding carboxylic acids is 3. The summed E-state index contributed by atoms with van der Waals surface area (Å²) in [4.78, 5) is 39.3. The van der Waals surface area contributed by atoms with Gasteiger partial charge in [0.1, 0.15) is 17.9 Å². The lowest BCUT2D eigenvalue weighted by Crippen LogP contribution is -2.54. The maximum atomic E-state index is 13.3. The molecule has 4 rings (SSSR count). The molecule has 9 heteroatoms. The van der Waals surface area contributed by atoms with Crippen LogP contribution in [0, 0.1) is 17.4 Å². The number of ether oxygens (including phenoxy) is 3. The molecule has 8 nitrogen and oxygen atoms in total. The fourth-order valence-electron chi connectivity index (χ4n) is 3.93. The van der Waals surface area contributed by atoms with Crippen molar-refractivity contribution in [3.63, 3.8) is 0 Å². The van der Waals surface area contributed by atoms with Crippen molar-refractivity contribution in [3.05, 3.63) is 86.0 Å². The molecular weight excluding hydrogens is 599 g/mol. The van der Waals surface area contributed by atoms with E-state index in [1.807, 2.05) is 13.0 Å². The first-order chi connectivity index (χ1) is 18.2. The Bertz CT molecular complexity index is 1430. The number of methoxy groups -OCH3 is 1. The quantitative estimate of drug-likeness (QED) is 0.200. The lowest BCUT2D eigenvalue weighted by Gasteiger charge is -2.26. The molecule has 0 aromatic heterocycles. The number of amides is 4. The first kappa shape index (κ1) is 27.2. The van der Waals surface area contributed by atoms with Gasteiger partial charge in [-0.2, -0.15) is 0 Å². The molecule has 4 amide bonds. The van der Waals surface area contributed by atoms with E-state index < -0.39 is 17.8 Å². The first-order valence-electron chi connectivity index (χ1n) is 11.9. The molecule has 0 radical (unpaired) electrons. The van der Waals surface area contributed by atoms with Crippen LogP contribution in [0.15, 0.2) is 60.2 Å². The van der Waals surface area contributed by atoms with Crippen LogP contribution in [0.1, 0.15) is 29.2 Å². The van der Waals surface area contributed by atoms with Crippen molar-refractivity contribution in [1.82, 2.24) is 5.32 Å². The highest BCUT2D eigenvalue weighted by molar-refractivity contribution is 14.1. The maximum absolute atomic E-state index is 13.3. The Labute approximate surface area is 234 Å². The smallest absolute Gasteiger partial charge is 0.335 e. The predicted molar refractivity (Wildman–Crippen MR) is 153 cm³/mol. The lowest BCUT2D eigenvalue weighted by atomic mass is 10.1. The van der Waals surface area contributed by atoms with Crippen molar-refractivity contribution in [1.29, 1.82) is 0 Å². The Hall–Kier alpha value is -3.86. The Morgan fingerprint density at radius 1 is 0.947 bits per heavy atom. The minimum atomic E-state index is -0.816. The molecule has 196 valence electrons. The number of rotatable bonds is 8. The topological polar surface area (TPSA) is 94.2 Å². The normalized spacial score (nSPS) is 14.5. The molecule has 0 unspecified atom stereocenters. The van der Waals surface area contributed by atoms with Gasteiger partial charge in [0.25, 0.3) is 11.8 Å². The molecule has 1 aliphatic rings. The van der Waals surface area contributed by atoms with Crippen molar-refractivity contribution in [2.45, 2.75) is 27.4 Å². The van der Waals surface area contributed by atoms with Gasteiger partial charge >= 0.3 is 6.03 Å². The van der Waals surface area contributed by atoms with Crippen molar-refractivity contribution in [3.8, 4) is 17.2 Å². The van der Waals surface area contributed by atoms with Gasteiger partial charge in [0.05, 0.1) is 23.0 Å². The SMILES string of the molecule is CCOc1ccc(N2C(=O)NC(=O)/C(=C\c3cc(I)c(OCc4ccc(C)c(C)c4)c(OC)c3)C2=O)cc1. The molecule has 0 atom stereocenters. The Kier molecular flexibility index (Phi) is 8.35. The molecule has 3 aromatic carbocycles. The summed E-state index contributed by atoms with van der Waals surface area (Å²) in [7, 11) is 1.52. The van der Waals surface area contributed by atoms with Gasteiger partial charge in [0, 0.05) is 0 Å². The molecule has 1 heterocycles. The second-order valence-electron chi connectivity index (χ2n) is 8.63. The predicted octanol–water partition coefficient (Wildman–Crippen LogP) is 5.56. The number of aryl methyl sites for hydroxylation is 2. The van der Waals surface area contributed by atoms with Gasteiger partial charge in [-0.05, 0) is 108 Å². The van der Waals surface area contributed by atoms with E-state index in [-0.39, 0.29) is 5.57 Å². The molecule has 0 spiro atoms. The molecule has 0 aliphatic carbocycles. The third-order valence-electron chi connectivity index (χ3n) is 6.02. The number of anilines is 1. The fraction of sp³-hybridized carbons (Fsp3) is 0.207. The van der Waals surface area contributed by atoms with Crippen LogP contribution in [0.5, 0.6) is 17.2 Å². The Morgan fingerprint density at radius 2 is 1.68 bits per heavy atom. The van der Waals surface area contributed by atoms with Gasteiger partial charge in [-0.15, -0.1) is 0 Å². The Morgan fingerprint density at radius 3 is 2.34 bits per heavy atom. The second-order valence-corrected chi connectivity index (χ2v) is 9.79. The number of imide groups is 2. The third kappa shape index (κ3) is 5.83. The maximum Gasteiger partial charge on any atom is 0.335 e. The van der Waals surface area contributed by atoms with Crippen LogP contribution in [-0.4, -0.2) is 31.6 Å². The minimum absolute atomic E-state index is 0.180. The molecule has 1 fully saturated rings. The number of halogens is 1. The van der Waals surface area contributed by atoms with E-state index in [0.29, 0.717) is 41.7 Å². The van der Waals surface area contributed by atoms with Crippen LogP contribution in [0.25, 0.3) is 6.08 Å². The lowest BCUT2D eigenvalue weighted by molar-refractivity contribution is -0.122. The monoisotopic (exact) mass is 626 g/mol. The zero-order valence-corrected chi connectivity index (χ0v) is 23.6. The number of hydrogen-bond donors (Lipinski definition) is 1. The summed E-state index contributed by atoms with van der Waals surface area (Å²) in [6, 6.07) is 15.3. The minimum Gasteiger partial charge on any atom is -0.494 e. The summed E-state index contributed by atoms with van der Waals surface area (Å²) in [5.74, 6) is 0.113. The molecule has 38 heavy (non-hydrogen) atoms. The summed E-state index contributed by atoms with van der Waals surface area (Å²) in [5.41, 5.74) is 4.10. The van der Waals surface area contributed by atoms with Crippen LogP contribution in [0.2, 0.25) is 0 Å². The van der Waals surface area contributed by atoms with Crippen molar-refractivity contribution < 1.29 is 28.6 Å². The number of carbonyl (C=O) groups is 3. The summed E-state index contributed by atoms with van der Waals surface area (Å²) in [6.45, 7) is 6.82. The van der Waals surface area contributed by atoms with Gasteiger partial charge in [-0.1, -0.05) is 18.2 Å². The largest absolute Gasteiger partial charge is 0.494 e. The van der Waals surface area contributed by atoms with E-state index in [0.717, 1.165) is 14.0 Å². The summed E-state index contributed by atoms with van der Waals surface area (Å²) in [6.07, 6.45) is 1.43. The van der Waals surface area contributed by atoms with Crippen LogP contribution < -0.4 is 24.4 Å². The van der Waals surface area contributed by atoms with Crippen molar-refractivity contribution >= 4 is 52.2 Å². The van der Waals surface area contributed by atoms with Gasteiger partial charge in [0.2, 0.25) is 0 Å². The van der Waals surface area contributed by atoms with E-state index >= 15 is 0 Å². The van der Waals surface area contributed by atoms with Crippen LogP contribution in [0.3, 0.4) is 0 Å². The standard InChI is InChI=1S/C29H27IN2O6/c1-5-37-22-10-8-21(9-11-22)32-28(34)23(27(33)31-29(32)35)13-20-14-24(30)26(25(15-20)36-4)38-16-19-7-6-17(2)18(3)12-19/h6-15H,5,16H2,1-4H3,(H,31,33,35)/b23-13+. The highest BCUT2D eigenvalue weighted by Crippen LogP contribution is 2.36. The summed E-state index contributed by atoms with van der Waals surface area (Å²) >= 11 is 2.12. The van der Waals surface area contributed by atoms with Gasteiger partial charge < -0.3 is 14.2 Å². The number of benzene rings is 3. The highest BCUT2D eigenvalue weighted by atomic mass is 127. The zero-order valence-electron chi connectivity index (χ0n) is 21.5. The summed E-state index contributed by atoms with van der Waals surface area (Å²) < 4.78 is 17.8. The number of nitrogens with zero attached hydrogens (tertiary/aromatic N) is 1. The molecule has 1 saturated heterocycles. The molecule has 1 aliphatic heterocycles. The summed E-state index contributed by atoms with van der Waals surface area (Å²) in [5, 5.41) is 2.24. The average Bonchev–Trinajstić information content (AvgIpc) is 2.88. The highest BCUT2D eigenvalue weighted by Gasteiger charge is 2.37. The van der Waals surface area contributed by atoms with E-state index in [2.05, 4.69) is 53.9 Å². The second kappa shape index (κ2) is 11.7. The van der Waals surface area contributed by atoms with E-state index in [9.17, 15) is 14.4 Å². The van der Waals surface area contributed by atoms with E-state index in [1.165, 1.54) is 24.3 Å². The third-order valence-corrected chi connectivity index (χ3v) is 6.83. The van der Waals surface area contributed by atoms with E-state index in [4.69, 9.17) is 14.2 Å². The molecule has 1 N–H and O–H groups in total. The average molecular weight is 626 g/mol. The molecular formula is C29H27IN2O6. The van der Waals surface area contributed by atoms with Crippen LogP contribution >= 0.6 is 22.6 Å². The number of barbiturate groups is 1. The van der Waals surface area contributed by atoms with Gasteiger partial charge in [-0.3, -0.25) is 14.9 Å². The van der Waals surface area contributed by atoms with E-state index in [1.54, 1.807) is 36.4 Å². The molecule has 0 saturated carbocycles. The molecule has 0 bridgehead atoms. The van der Waals surface area contributed by atoms with Crippen molar-refractivity contribution in [2.24, 2.45) is 0 Å². The van der Waals surface area contributed by atoms with Gasteiger partial charge in [-0.25, -0.2) is 9.69 Å².